The molecule has 0 saturated carbocycles. The number of carbonyl (C=O) groups excluding carboxylic acids is 1. The first-order valence-corrected chi connectivity index (χ1v) is 5.22. The van der Waals surface area contributed by atoms with Crippen LogP contribution in [0.5, 0.6) is 0 Å². The minimum absolute atomic E-state index is 0.323. The summed E-state index contributed by atoms with van der Waals surface area (Å²) in [5.74, 6) is -0.323. The van der Waals surface area contributed by atoms with Gasteiger partial charge in [-0.2, -0.15) is 0 Å². The minimum Gasteiger partial charge on any atom is -0.465 e. The second-order valence-corrected chi connectivity index (χ2v) is 3.32. The third-order valence-corrected chi connectivity index (χ3v) is 2.25. The number of hydrogen-bond donors (Lipinski definition) is 1. The highest BCUT2D eigenvalue weighted by molar-refractivity contribution is 6.14. The maximum atomic E-state index is 11.4. The van der Waals surface area contributed by atoms with E-state index in [0.717, 1.165) is 5.56 Å². The number of rotatable bonds is 5. The van der Waals surface area contributed by atoms with Crippen molar-refractivity contribution in [2.75, 3.05) is 6.61 Å². The molecule has 0 aliphatic carbocycles. The Balaban J connectivity index is 2.58. The number of carbonyl (C=O) groups is 1. The number of halogens is 1. The van der Waals surface area contributed by atoms with Gasteiger partial charge in [0.05, 0.1) is 6.61 Å². The molecule has 0 amide bonds. The molecule has 0 spiro atoms. The summed E-state index contributed by atoms with van der Waals surface area (Å²) in [6.07, 6.45) is 0.531. The van der Waals surface area contributed by atoms with Gasteiger partial charge in [0, 0.05) is 0 Å². The maximum absolute atomic E-state index is 11.4. The van der Waals surface area contributed by atoms with E-state index < -0.39 is 6.04 Å². The molecule has 0 heterocycles. The van der Waals surface area contributed by atoms with Crippen molar-refractivity contribution in [3.8, 4) is 0 Å². The van der Waals surface area contributed by atoms with Gasteiger partial charge >= 0.3 is 5.97 Å². The van der Waals surface area contributed by atoms with Crippen molar-refractivity contribution in [1.82, 2.24) is 4.84 Å². The van der Waals surface area contributed by atoms with E-state index in [9.17, 15) is 4.79 Å². The first kappa shape index (κ1) is 12.0. The molecule has 15 heavy (non-hydrogen) atoms. The predicted octanol–water partition coefficient (Wildman–Crippen LogP) is 1.90. The van der Waals surface area contributed by atoms with Gasteiger partial charge in [-0.1, -0.05) is 30.3 Å². The Kier molecular flexibility index (Phi) is 5.15. The normalized spacial score (nSPS) is 12.1. The monoisotopic (exact) mass is 227 g/mol. The Morgan fingerprint density at radius 2 is 2.13 bits per heavy atom. The molecule has 1 N–H and O–H groups in total. The van der Waals surface area contributed by atoms with Gasteiger partial charge in [0.2, 0.25) is 0 Å². The van der Waals surface area contributed by atoms with Crippen molar-refractivity contribution >= 4 is 17.7 Å². The quantitative estimate of drug-likeness (QED) is 0.617. The van der Waals surface area contributed by atoms with Crippen molar-refractivity contribution in [3.05, 3.63) is 35.9 Å². The van der Waals surface area contributed by atoms with E-state index in [-0.39, 0.29) is 5.97 Å². The first-order valence-electron chi connectivity index (χ1n) is 4.84. The van der Waals surface area contributed by atoms with Crippen LogP contribution in [0.15, 0.2) is 30.3 Å². The Morgan fingerprint density at radius 1 is 1.47 bits per heavy atom. The average Bonchev–Trinajstić information content (AvgIpc) is 2.27. The number of benzene rings is 1. The van der Waals surface area contributed by atoms with Crippen LogP contribution in [0.4, 0.5) is 0 Å². The molecular formula is C11H14ClNO2. The van der Waals surface area contributed by atoms with Gasteiger partial charge in [0.25, 0.3) is 0 Å². The van der Waals surface area contributed by atoms with Crippen LogP contribution in [0.25, 0.3) is 0 Å². The summed E-state index contributed by atoms with van der Waals surface area (Å²) in [7, 11) is 0. The van der Waals surface area contributed by atoms with Crippen molar-refractivity contribution in [2.45, 2.75) is 19.4 Å². The van der Waals surface area contributed by atoms with Gasteiger partial charge in [-0.3, -0.25) is 4.79 Å². The Morgan fingerprint density at radius 3 is 2.67 bits per heavy atom. The van der Waals surface area contributed by atoms with E-state index in [1.165, 1.54) is 0 Å². The van der Waals surface area contributed by atoms with E-state index >= 15 is 0 Å². The molecule has 3 nitrogen and oxygen atoms in total. The number of nitrogens with one attached hydrogen (secondary N) is 1. The molecule has 0 aromatic heterocycles. The predicted molar refractivity (Wildman–Crippen MR) is 59.6 cm³/mol. The molecule has 82 valence electrons. The zero-order valence-electron chi connectivity index (χ0n) is 8.57. The van der Waals surface area contributed by atoms with Crippen LogP contribution in [0.1, 0.15) is 12.5 Å². The second kappa shape index (κ2) is 6.43. The number of esters is 1. The van der Waals surface area contributed by atoms with Crippen LogP contribution in [-0.2, 0) is 16.0 Å². The zero-order chi connectivity index (χ0) is 11.1. The molecule has 0 unspecified atom stereocenters. The van der Waals surface area contributed by atoms with E-state index in [0.29, 0.717) is 13.0 Å². The highest BCUT2D eigenvalue weighted by Gasteiger charge is 2.18. The lowest BCUT2D eigenvalue weighted by molar-refractivity contribution is -0.145. The fourth-order valence-corrected chi connectivity index (χ4v) is 1.43. The van der Waals surface area contributed by atoms with Crippen LogP contribution < -0.4 is 4.84 Å². The van der Waals surface area contributed by atoms with Crippen molar-refractivity contribution in [2.24, 2.45) is 0 Å². The van der Waals surface area contributed by atoms with Gasteiger partial charge in [-0.25, -0.2) is 4.84 Å². The first-order chi connectivity index (χ1) is 7.27. The summed E-state index contributed by atoms with van der Waals surface area (Å²) < 4.78 is 4.88. The van der Waals surface area contributed by atoms with Crippen LogP contribution >= 0.6 is 11.8 Å². The lowest BCUT2D eigenvalue weighted by Gasteiger charge is -2.12. The number of ether oxygens (including phenoxy) is 1. The number of hydrogen-bond acceptors (Lipinski definition) is 3. The highest BCUT2D eigenvalue weighted by atomic mass is 35.5. The molecule has 1 aromatic carbocycles. The zero-order valence-corrected chi connectivity index (χ0v) is 9.33. The molecule has 1 rings (SSSR count). The second-order valence-electron chi connectivity index (χ2n) is 3.10. The lowest BCUT2D eigenvalue weighted by Crippen LogP contribution is -2.34. The standard InChI is InChI=1S/C11H14ClNO2/c1-2-15-11(14)10(13-12)8-9-6-4-3-5-7-9/h3-7,10,13H,2,8H2,1H3/t10-/m0/s1. The molecule has 0 aliphatic heterocycles. The fraction of sp³-hybridized carbons (Fsp3) is 0.364. The van der Waals surface area contributed by atoms with Crippen LogP contribution in [0, 0.1) is 0 Å². The van der Waals surface area contributed by atoms with E-state index in [1.54, 1.807) is 6.92 Å². The Hall–Kier alpha value is -1.06. The van der Waals surface area contributed by atoms with Crippen molar-refractivity contribution in [3.63, 3.8) is 0 Å². The smallest absolute Gasteiger partial charge is 0.324 e. The minimum atomic E-state index is -0.492. The van der Waals surface area contributed by atoms with Gasteiger partial charge < -0.3 is 4.74 Å². The van der Waals surface area contributed by atoms with Gasteiger partial charge in [0.15, 0.2) is 0 Å². The Labute approximate surface area is 94.5 Å². The molecule has 0 aliphatic rings. The van der Waals surface area contributed by atoms with Crippen LogP contribution in [0.2, 0.25) is 0 Å². The molecule has 1 atom stereocenters. The maximum Gasteiger partial charge on any atom is 0.324 e. The molecule has 0 fully saturated rings. The molecule has 4 heteroatoms. The van der Waals surface area contributed by atoms with Crippen molar-refractivity contribution in [1.29, 1.82) is 0 Å². The Bertz CT molecular complexity index is 303. The van der Waals surface area contributed by atoms with E-state index in [4.69, 9.17) is 16.5 Å². The van der Waals surface area contributed by atoms with Gasteiger partial charge in [-0.15, -0.1) is 0 Å². The highest BCUT2D eigenvalue weighted by Crippen LogP contribution is 2.05. The van der Waals surface area contributed by atoms with Crippen molar-refractivity contribution < 1.29 is 9.53 Å². The summed E-state index contributed by atoms with van der Waals surface area (Å²) in [6, 6.07) is 9.17. The summed E-state index contributed by atoms with van der Waals surface area (Å²) in [6.45, 7) is 2.13. The third-order valence-electron chi connectivity index (χ3n) is 1.99. The topological polar surface area (TPSA) is 38.3 Å². The summed E-state index contributed by atoms with van der Waals surface area (Å²) in [4.78, 5) is 13.8. The van der Waals surface area contributed by atoms with Crippen LogP contribution in [-0.4, -0.2) is 18.6 Å². The van der Waals surface area contributed by atoms with E-state index in [1.807, 2.05) is 30.3 Å². The summed E-state index contributed by atoms with van der Waals surface area (Å²) >= 11 is 5.50. The lowest BCUT2D eigenvalue weighted by atomic mass is 10.1. The fourth-order valence-electron chi connectivity index (χ4n) is 1.26. The molecular weight excluding hydrogens is 214 g/mol. The third kappa shape index (κ3) is 3.90. The van der Waals surface area contributed by atoms with Gasteiger partial charge in [-0.05, 0) is 30.7 Å². The molecule has 1 aromatic rings. The average molecular weight is 228 g/mol. The van der Waals surface area contributed by atoms with Gasteiger partial charge in [0.1, 0.15) is 6.04 Å². The summed E-state index contributed by atoms with van der Waals surface area (Å²) in [5, 5.41) is 0. The largest absolute Gasteiger partial charge is 0.465 e. The van der Waals surface area contributed by atoms with Crippen LogP contribution in [0.3, 0.4) is 0 Å². The summed E-state index contributed by atoms with van der Waals surface area (Å²) in [5.41, 5.74) is 1.05. The SMILES string of the molecule is CCOC(=O)[C@H](Cc1ccccc1)NCl. The molecule has 0 saturated heterocycles. The molecule has 0 radical (unpaired) electrons. The van der Waals surface area contributed by atoms with E-state index in [2.05, 4.69) is 4.84 Å². The molecule has 0 bridgehead atoms.